The van der Waals surface area contributed by atoms with Crippen LogP contribution in [0, 0.1) is 0 Å². The average molecular weight is 357 g/mol. The molecule has 0 saturated heterocycles. The molecule has 0 unspecified atom stereocenters. The van der Waals surface area contributed by atoms with Crippen molar-refractivity contribution in [2.45, 2.75) is 65.5 Å². The number of amides is 1. The van der Waals surface area contributed by atoms with E-state index in [0.29, 0.717) is 0 Å². The number of unbranched alkanes of at least 4 members (excludes halogenated alkanes) is 3. The van der Waals surface area contributed by atoms with E-state index in [9.17, 15) is 4.79 Å². The van der Waals surface area contributed by atoms with Crippen molar-refractivity contribution >= 4 is 18.3 Å². The van der Waals surface area contributed by atoms with Crippen molar-refractivity contribution in [3.8, 4) is 5.75 Å². The Labute approximate surface area is 153 Å². The van der Waals surface area contributed by atoms with E-state index in [4.69, 9.17) is 4.74 Å². The first kappa shape index (κ1) is 22.7. The normalized spacial score (nSPS) is 10.8. The molecule has 0 saturated carbocycles. The number of rotatable bonds is 10. The molecule has 0 aromatic heterocycles. The Bertz CT molecular complexity index is 473. The molecule has 0 aliphatic heterocycles. The molecule has 24 heavy (non-hydrogen) atoms. The predicted octanol–water partition coefficient (Wildman–Crippen LogP) is 4.07. The van der Waals surface area contributed by atoms with Gasteiger partial charge >= 0.3 is 0 Å². The van der Waals surface area contributed by atoms with Crippen LogP contribution in [0.5, 0.6) is 5.75 Å². The quantitative estimate of drug-likeness (QED) is 0.621. The number of carbonyl (C=O) groups is 1. The fourth-order valence-corrected chi connectivity index (χ4v) is 2.29. The summed E-state index contributed by atoms with van der Waals surface area (Å²) in [5.41, 5.74) is 0.853. The summed E-state index contributed by atoms with van der Waals surface area (Å²) in [7, 11) is 0. The second-order valence-corrected chi connectivity index (χ2v) is 6.93. The first-order chi connectivity index (χ1) is 10.9. The summed E-state index contributed by atoms with van der Waals surface area (Å²) in [5, 5.41) is 6.35. The topological polar surface area (TPSA) is 50.4 Å². The molecular weight excluding hydrogens is 324 g/mol. The van der Waals surface area contributed by atoms with E-state index in [-0.39, 0.29) is 30.5 Å². The molecule has 1 amide bonds. The van der Waals surface area contributed by atoms with Crippen LogP contribution >= 0.6 is 12.4 Å². The Morgan fingerprint density at radius 1 is 1.12 bits per heavy atom. The zero-order valence-corrected chi connectivity index (χ0v) is 16.3. The van der Waals surface area contributed by atoms with Crippen LogP contribution in [0.15, 0.2) is 24.3 Å². The molecule has 0 fully saturated rings. The zero-order chi connectivity index (χ0) is 17.1. The van der Waals surface area contributed by atoms with E-state index in [1.807, 2.05) is 45.0 Å². The van der Waals surface area contributed by atoms with E-state index in [1.165, 1.54) is 25.7 Å². The Hall–Kier alpha value is -1.26. The number of hydrogen-bond donors (Lipinski definition) is 2. The minimum absolute atomic E-state index is 0. The first-order valence-corrected chi connectivity index (χ1v) is 8.65. The Balaban J connectivity index is 0.00000529. The van der Waals surface area contributed by atoms with E-state index < -0.39 is 0 Å². The minimum atomic E-state index is -0.236. The van der Waals surface area contributed by atoms with Crippen molar-refractivity contribution in [3.05, 3.63) is 29.8 Å². The smallest absolute Gasteiger partial charge is 0.258 e. The molecule has 1 aromatic carbocycles. The lowest BCUT2D eigenvalue weighted by Crippen LogP contribution is -2.43. The number of nitrogens with one attached hydrogen (secondary N) is 2. The Morgan fingerprint density at radius 3 is 2.50 bits per heavy atom. The highest BCUT2D eigenvalue weighted by Crippen LogP contribution is 2.17. The van der Waals surface area contributed by atoms with Crippen molar-refractivity contribution in [1.29, 1.82) is 0 Å². The maximum absolute atomic E-state index is 11.9. The molecule has 0 heterocycles. The van der Waals surface area contributed by atoms with Gasteiger partial charge in [0.05, 0.1) is 0 Å². The lowest BCUT2D eigenvalue weighted by Gasteiger charge is -2.20. The molecule has 5 heteroatoms. The molecule has 0 bridgehead atoms. The molecule has 138 valence electrons. The number of carbonyl (C=O) groups excluding carboxylic acids is 1. The van der Waals surface area contributed by atoms with Crippen molar-refractivity contribution in [3.63, 3.8) is 0 Å². The summed E-state index contributed by atoms with van der Waals surface area (Å²) in [5.74, 6) is 0.678. The van der Waals surface area contributed by atoms with Crippen LogP contribution in [0.3, 0.4) is 0 Å². The summed E-state index contributed by atoms with van der Waals surface area (Å²) < 4.78 is 5.69. The van der Waals surface area contributed by atoms with E-state index >= 15 is 0 Å². The highest BCUT2D eigenvalue weighted by atomic mass is 35.5. The molecule has 0 atom stereocenters. The molecule has 1 rings (SSSR count). The van der Waals surface area contributed by atoms with Gasteiger partial charge in [0.2, 0.25) is 0 Å². The van der Waals surface area contributed by atoms with Crippen molar-refractivity contribution in [2.75, 3.05) is 13.2 Å². The number of ether oxygens (including phenoxy) is 1. The van der Waals surface area contributed by atoms with Crippen molar-refractivity contribution in [1.82, 2.24) is 10.6 Å². The van der Waals surface area contributed by atoms with Crippen molar-refractivity contribution in [2.24, 2.45) is 0 Å². The van der Waals surface area contributed by atoms with Gasteiger partial charge in [-0.05, 0) is 39.8 Å². The SMILES string of the molecule is CCCCCCNCc1ccccc1OCC(=O)NC(C)(C)C.Cl. The maximum atomic E-state index is 11.9. The van der Waals surface area contributed by atoms with Crippen molar-refractivity contribution < 1.29 is 9.53 Å². The van der Waals surface area contributed by atoms with E-state index in [0.717, 1.165) is 24.4 Å². The van der Waals surface area contributed by atoms with Gasteiger partial charge < -0.3 is 15.4 Å². The highest BCUT2D eigenvalue weighted by molar-refractivity contribution is 5.85. The molecular formula is C19H33ClN2O2. The minimum Gasteiger partial charge on any atom is -0.483 e. The number of halogens is 1. The third-order valence-electron chi connectivity index (χ3n) is 3.37. The van der Waals surface area contributed by atoms with Gasteiger partial charge in [0, 0.05) is 17.6 Å². The summed E-state index contributed by atoms with van der Waals surface area (Å²) >= 11 is 0. The predicted molar refractivity (Wildman–Crippen MR) is 103 cm³/mol. The molecule has 0 aliphatic rings. The summed E-state index contributed by atoms with van der Waals surface area (Å²) in [6.45, 7) is 9.92. The first-order valence-electron chi connectivity index (χ1n) is 8.65. The third-order valence-corrected chi connectivity index (χ3v) is 3.37. The molecule has 4 nitrogen and oxygen atoms in total. The van der Waals surface area contributed by atoms with Gasteiger partial charge in [0.25, 0.3) is 5.91 Å². The van der Waals surface area contributed by atoms with Crippen LogP contribution in [0.1, 0.15) is 58.9 Å². The van der Waals surface area contributed by atoms with Gasteiger partial charge in [0.15, 0.2) is 6.61 Å². The fraction of sp³-hybridized carbons (Fsp3) is 0.632. The lowest BCUT2D eigenvalue weighted by atomic mass is 10.1. The largest absolute Gasteiger partial charge is 0.483 e. The van der Waals surface area contributed by atoms with Gasteiger partial charge in [0.1, 0.15) is 5.75 Å². The fourth-order valence-electron chi connectivity index (χ4n) is 2.29. The average Bonchev–Trinajstić information content (AvgIpc) is 2.48. The third kappa shape index (κ3) is 10.5. The second-order valence-electron chi connectivity index (χ2n) is 6.93. The lowest BCUT2D eigenvalue weighted by molar-refractivity contribution is -0.124. The van der Waals surface area contributed by atoms with Gasteiger partial charge in [-0.3, -0.25) is 4.79 Å². The van der Waals surface area contributed by atoms with Gasteiger partial charge in [-0.2, -0.15) is 0 Å². The zero-order valence-electron chi connectivity index (χ0n) is 15.5. The van der Waals surface area contributed by atoms with Gasteiger partial charge in [-0.25, -0.2) is 0 Å². The second kappa shape index (κ2) is 12.2. The van der Waals surface area contributed by atoms with Crippen LogP contribution in [0.2, 0.25) is 0 Å². The van der Waals surface area contributed by atoms with Crippen LogP contribution in [-0.2, 0) is 11.3 Å². The molecule has 2 N–H and O–H groups in total. The van der Waals surface area contributed by atoms with Crippen LogP contribution in [0.25, 0.3) is 0 Å². The van der Waals surface area contributed by atoms with Gasteiger partial charge in [-0.1, -0.05) is 44.4 Å². The molecule has 0 radical (unpaired) electrons. The van der Waals surface area contributed by atoms with E-state index in [2.05, 4.69) is 17.6 Å². The number of para-hydroxylation sites is 1. The van der Waals surface area contributed by atoms with E-state index in [1.54, 1.807) is 0 Å². The molecule has 0 spiro atoms. The summed E-state index contributed by atoms with van der Waals surface area (Å²) in [6.07, 6.45) is 5.02. The molecule has 0 aliphatic carbocycles. The number of hydrogen-bond acceptors (Lipinski definition) is 3. The van der Waals surface area contributed by atoms with Gasteiger partial charge in [-0.15, -0.1) is 12.4 Å². The summed E-state index contributed by atoms with van der Waals surface area (Å²) in [6, 6.07) is 7.88. The van der Waals surface area contributed by atoms with Crippen LogP contribution in [0.4, 0.5) is 0 Å². The maximum Gasteiger partial charge on any atom is 0.258 e. The monoisotopic (exact) mass is 356 g/mol. The van der Waals surface area contributed by atoms with Crippen LogP contribution in [-0.4, -0.2) is 24.6 Å². The highest BCUT2D eigenvalue weighted by Gasteiger charge is 2.14. The molecule has 1 aromatic rings. The van der Waals surface area contributed by atoms with Crippen LogP contribution < -0.4 is 15.4 Å². The summed E-state index contributed by atoms with van der Waals surface area (Å²) in [4.78, 5) is 11.9. The Kier molecular flexibility index (Phi) is 11.5. The Morgan fingerprint density at radius 2 is 1.83 bits per heavy atom. The standard InChI is InChI=1S/C19H32N2O2.ClH/c1-5-6-7-10-13-20-14-16-11-8-9-12-17(16)23-15-18(22)21-19(2,3)4;/h8-9,11-12,20H,5-7,10,13-15H2,1-4H3,(H,21,22);1H. The number of benzene rings is 1.